The van der Waals surface area contributed by atoms with Crippen molar-refractivity contribution in [2.45, 2.75) is 110 Å². The minimum atomic E-state index is -1.10. The third-order valence-electron chi connectivity index (χ3n) is 14.8. The zero-order chi connectivity index (χ0) is 38.1. The van der Waals surface area contributed by atoms with Gasteiger partial charge in [-0.1, -0.05) is 33.8 Å². The molecule has 3 saturated carbocycles. The molecule has 5 aliphatic rings. The molecule has 10 unspecified atom stereocenters. The van der Waals surface area contributed by atoms with Crippen molar-refractivity contribution in [1.29, 1.82) is 0 Å². The van der Waals surface area contributed by atoms with Crippen LogP contribution in [0.1, 0.15) is 79.6 Å². The maximum atomic E-state index is 13.7. The maximum absolute atomic E-state index is 13.7. The van der Waals surface area contributed by atoms with E-state index in [-0.39, 0.29) is 43.2 Å². The Kier molecular flexibility index (Phi) is 9.77. The molecule has 14 nitrogen and oxygen atoms in total. The van der Waals surface area contributed by atoms with Crippen molar-refractivity contribution >= 4 is 34.6 Å². The van der Waals surface area contributed by atoms with Crippen LogP contribution in [0.25, 0.3) is 11.2 Å². The number of aryl methyl sites for hydroxylation is 1. The molecule has 4 N–H and O–H groups in total. The Labute approximate surface area is 312 Å². The van der Waals surface area contributed by atoms with Crippen LogP contribution in [0, 0.1) is 34.0 Å². The number of hydrogen-bond acceptors (Lipinski definition) is 12. The van der Waals surface area contributed by atoms with E-state index in [1.54, 1.807) is 12.4 Å². The van der Waals surface area contributed by atoms with Crippen molar-refractivity contribution in [2.24, 2.45) is 39.7 Å². The zero-order valence-electron chi connectivity index (χ0n) is 32.0. The van der Waals surface area contributed by atoms with Gasteiger partial charge in [0.2, 0.25) is 5.91 Å². The second-order valence-electron chi connectivity index (χ2n) is 17.4. The van der Waals surface area contributed by atoms with E-state index in [1.165, 1.54) is 6.33 Å². The monoisotopic (exact) mass is 734 g/mol. The number of anilines is 1. The quantitative estimate of drug-likeness (QED) is 0.267. The molecule has 5 fully saturated rings. The predicted molar refractivity (Wildman–Crippen MR) is 198 cm³/mol. The molecule has 4 heterocycles. The van der Waals surface area contributed by atoms with Crippen LogP contribution in [0.3, 0.4) is 0 Å². The van der Waals surface area contributed by atoms with Gasteiger partial charge in [0.05, 0.1) is 31.2 Å². The molecular weight excluding hydrogens is 676 g/mol. The van der Waals surface area contributed by atoms with Crippen LogP contribution in [-0.4, -0.2) is 120 Å². The number of nitrogens with two attached hydrogens (primary N) is 1. The Morgan fingerprint density at radius 1 is 1.06 bits per heavy atom. The van der Waals surface area contributed by atoms with Crippen LogP contribution in [-0.2, 0) is 25.7 Å². The lowest BCUT2D eigenvalue weighted by molar-refractivity contribution is -0.252. The summed E-state index contributed by atoms with van der Waals surface area (Å²) in [4.78, 5) is 60.2. The number of aliphatic hydroxyl groups excluding tert-OH is 2. The number of aromatic nitrogens is 4. The molecule has 10 atom stereocenters. The van der Waals surface area contributed by atoms with Crippen molar-refractivity contribution in [3.63, 3.8) is 0 Å². The second kappa shape index (κ2) is 13.7. The summed E-state index contributed by atoms with van der Waals surface area (Å²) in [5, 5.41) is 23.6. The van der Waals surface area contributed by atoms with Gasteiger partial charge in [0.15, 0.2) is 17.0 Å². The molecule has 2 bridgehead atoms. The minimum absolute atomic E-state index is 0.0234. The van der Waals surface area contributed by atoms with Crippen LogP contribution < -0.4 is 10.6 Å². The Morgan fingerprint density at radius 2 is 1.79 bits per heavy atom. The number of fused-ring (bicyclic) bond motifs is 1. The molecule has 2 saturated heterocycles. The van der Waals surface area contributed by atoms with Crippen molar-refractivity contribution < 1.29 is 29.3 Å². The number of ether oxygens (including phenoxy) is 1. The van der Waals surface area contributed by atoms with E-state index in [1.807, 2.05) is 42.1 Å². The largest absolute Gasteiger partial charge is 0.458 e. The van der Waals surface area contributed by atoms with Crippen molar-refractivity contribution in [1.82, 2.24) is 29.3 Å². The third-order valence-corrected chi connectivity index (χ3v) is 14.8. The summed E-state index contributed by atoms with van der Waals surface area (Å²) >= 11 is 0. The molecule has 7 rings (SSSR count). The summed E-state index contributed by atoms with van der Waals surface area (Å²) in [6, 6.07) is 0. The number of Topliss-reactive ketones (excluding diaryl/α,β-unsaturated/α-hetero) is 1. The van der Waals surface area contributed by atoms with E-state index in [0.717, 1.165) is 18.8 Å². The predicted octanol–water partition coefficient (Wildman–Crippen LogP) is 2.51. The van der Waals surface area contributed by atoms with E-state index >= 15 is 0 Å². The molecule has 1 amide bonds. The van der Waals surface area contributed by atoms with Crippen LogP contribution in [0.4, 0.5) is 5.82 Å². The number of hydrogen-bond donors (Lipinski definition) is 3. The molecule has 290 valence electrons. The average Bonchev–Trinajstić information content (AvgIpc) is 3.83. The van der Waals surface area contributed by atoms with E-state index < -0.39 is 45.9 Å². The average molecular weight is 735 g/mol. The molecule has 2 aromatic heterocycles. The fourth-order valence-corrected chi connectivity index (χ4v) is 10.9. The summed E-state index contributed by atoms with van der Waals surface area (Å²) in [5.41, 5.74) is 4.37. The van der Waals surface area contributed by atoms with Crippen LogP contribution in [0.15, 0.2) is 25.3 Å². The van der Waals surface area contributed by atoms with Gasteiger partial charge in [-0.2, -0.15) is 0 Å². The van der Waals surface area contributed by atoms with E-state index in [0.29, 0.717) is 75.5 Å². The topological polar surface area (TPSA) is 180 Å². The van der Waals surface area contributed by atoms with E-state index in [4.69, 9.17) is 10.5 Å². The molecule has 0 spiro atoms. The molecule has 14 heteroatoms. The van der Waals surface area contributed by atoms with Gasteiger partial charge in [-0.05, 0) is 56.3 Å². The summed E-state index contributed by atoms with van der Waals surface area (Å²) in [6.45, 7) is 17.2. The first-order valence-corrected chi connectivity index (χ1v) is 19.5. The number of esters is 1. The zero-order valence-corrected chi connectivity index (χ0v) is 32.0. The Balaban J connectivity index is 0.967. The fourth-order valence-electron chi connectivity index (χ4n) is 10.9. The highest BCUT2D eigenvalue weighted by atomic mass is 16.6. The second-order valence-corrected chi connectivity index (χ2v) is 17.4. The van der Waals surface area contributed by atoms with Crippen LogP contribution >= 0.6 is 0 Å². The van der Waals surface area contributed by atoms with Crippen LogP contribution in [0.2, 0.25) is 0 Å². The van der Waals surface area contributed by atoms with E-state index in [9.17, 15) is 24.6 Å². The normalized spacial score (nSPS) is 39.1. The number of ketones is 1. The number of carbonyl (C=O) groups excluding carboxylic acids is 3. The lowest BCUT2D eigenvalue weighted by Gasteiger charge is -2.64. The number of amides is 1. The van der Waals surface area contributed by atoms with Gasteiger partial charge in [-0.25, -0.2) is 15.0 Å². The SMILES string of the molecule is C=CC1(C)CC(O)C2(C)C3C(=O)CCC3(CCC2(C)OC(=O)CN2CCN(C(=O)CCn3cnc4c(N5CCC(C)C5N)ncnc43)CC2)C(C)C1O. The third kappa shape index (κ3) is 5.98. The fraction of sp³-hybridized carbons (Fsp3) is 0.744. The molecule has 2 aromatic rings. The number of nitrogens with zero attached hydrogens (tertiary/aromatic N) is 7. The highest BCUT2D eigenvalue weighted by Crippen LogP contribution is 2.69. The molecule has 53 heavy (non-hydrogen) atoms. The van der Waals surface area contributed by atoms with E-state index in [2.05, 4.69) is 33.4 Å². The van der Waals surface area contributed by atoms with Crippen molar-refractivity contribution in [3.05, 3.63) is 25.3 Å². The maximum Gasteiger partial charge on any atom is 0.320 e. The Morgan fingerprint density at radius 3 is 2.47 bits per heavy atom. The first kappa shape index (κ1) is 37.8. The lowest BCUT2D eigenvalue weighted by Crippen LogP contribution is -2.69. The number of piperazine rings is 1. The molecule has 2 aliphatic heterocycles. The number of aliphatic hydroxyl groups is 2. The summed E-state index contributed by atoms with van der Waals surface area (Å²) in [5.74, 6) is 0.0533. The molecular formula is C39H58N8O6. The lowest BCUT2D eigenvalue weighted by atomic mass is 9.42. The van der Waals surface area contributed by atoms with Crippen LogP contribution in [0.5, 0.6) is 0 Å². The summed E-state index contributed by atoms with van der Waals surface area (Å²) in [6.07, 6.45) is 6.71. The number of imidazole rings is 1. The van der Waals surface area contributed by atoms with Gasteiger partial charge in [0, 0.05) is 68.9 Å². The highest BCUT2D eigenvalue weighted by Gasteiger charge is 2.72. The first-order chi connectivity index (χ1) is 25.1. The Hall–Kier alpha value is -3.46. The molecule has 0 radical (unpaired) electrons. The molecule has 3 aliphatic carbocycles. The smallest absolute Gasteiger partial charge is 0.320 e. The summed E-state index contributed by atoms with van der Waals surface area (Å²) < 4.78 is 8.29. The number of rotatable bonds is 8. The molecule has 0 aromatic carbocycles. The highest BCUT2D eigenvalue weighted by molar-refractivity contribution is 5.86. The summed E-state index contributed by atoms with van der Waals surface area (Å²) in [7, 11) is 0. The van der Waals surface area contributed by atoms with Gasteiger partial charge >= 0.3 is 5.97 Å². The van der Waals surface area contributed by atoms with Crippen molar-refractivity contribution in [3.8, 4) is 0 Å². The first-order valence-electron chi connectivity index (χ1n) is 19.5. The van der Waals surface area contributed by atoms with Gasteiger partial charge in [-0.15, -0.1) is 6.58 Å². The van der Waals surface area contributed by atoms with Gasteiger partial charge in [0.25, 0.3) is 0 Å². The standard InChI is InChI=1S/C39H58N8O6/c1-7-36(4)20-27(49)38(6)31-26(48)8-11-39(31,25(3)32(36)52)13-12-37(38,5)53-29(51)21-44-16-18-45(19-17-44)28(50)10-14-46-23-43-30-34(46)41-22-42-35(30)47-15-9-24(2)33(47)40/h7,22-25,27,31-33,49,52H,1,8-21,40H2,2-6H3. The minimum Gasteiger partial charge on any atom is -0.458 e. The Bertz CT molecular complexity index is 1760. The van der Waals surface area contributed by atoms with Gasteiger partial charge < -0.3 is 35.1 Å². The van der Waals surface area contributed by atoms with Gasteiger partial charge in [0.1, 0.15) is 17.7 Å². The van der Waals surface area contributed by atoms with Crippen molar-refractivity contribution in [2.75, 3.05) is 44.2 Å². The van der Waals surface area contributed by atoms with Gasteiger partial charge in [-0.3, -0.25) is 19.3 Å². The number of carbonyl (C=O) groups is 3.